The van der Waals surface area contributed by atoms with E-state index < -0.39 is 0 Å². The van der Waals surface area contributed by atoms with E-state index >= 15 is 0 Å². The standard InChI is InChI=1S/C12H14ClN3O/c1-16-3-2-9(7-16)8-17-11-4-10(5-14)12(13)15-6-11/h4,6,9H,2-3,7-8H2,1H3/t9-/m1/s1. The SMILES string of the molecule is CN1CC[C@@H](COc2cnc(Cl)c(C#N)c2)C1. The number of ether oxygens (including phenoxy) is 1. The number of halogens is 1. The zero-order valence-corrected chi connectivity index (χ0v) is 10.4. The first-order chi connectivity index (χ1) is 8.19. The van der Waals surface area contributed by atoms with Crippen LogP contribution in [0.5, 0.6) is 5.75 Å². The molecule has 0 radical (unpaired) electrons. The molecule has 4 nitrogen and oxygen atoms in total. The van der Waals surface area contributed by atoms with Gasteiger partial charge in [0.1, 0.15) is 17.0 Å². The Kier molecular flexibility index (Phi) is 3.82. The van der Waals surface area contributed by atoms with Gasteiger partial charge in [0.15, 0.2) is 0 Å². The zero-order chi connectivity index (χ0) is 12.3. The van der Waals surface area contributed by atoms with Crippen molar-refractivity contribution in [2.75, 3.05) is 26.7 Å². The lowest BCUT2D eigenvalue weighted by Crippen LogP contribution is -2.18. The summed E-state index contributed by atoms with van der Waals surface area (Å²) >= 11 is 5.75. The highest BCUT2D eigenvalue weighted by molar-refractivity contribution is 6.30. The number of pyridine rings is 1. The number of hydrogen-bond donors (Lipinski definition) is 0. The van der Waals surface area contributed by atoms with Crippen molar-refractivity contribution in [3.8, 4) is 11.8 Å². The van der Waals surface area contributed by atoms with E-state index in [0.29, 0.717) is 23.8 Å². The third-order valence-electron chi connectivity index (χ3n) is 2.91. The molecule has 0 amide bonds. The van der Waals surface area contributed by atoms with Gasteiger partial charge >= 0.3 is 0 Å². The summed E-state index contributed by atoms with van der Waals surface area (Å²) in [5.74, 6) is 1.17. The first-order valence-corrected chi connectivity index (χ1v) is 5.94. The lowest BCUT2D eigenvalue weighted by atomic mass is 10.1. The van der Waals surface area contributed by atoms with E-state index in [-0.39, 0.29) is 5.15 Å². The molecule has 1 fully saturated rings. The molecule has 0 saturated carbocycles. The molecule has 1 atom stereocenters. The highest BCUT2D eigenvalue weighted by Crippen LogP contribution is 2.20. The summed E-state index contributed by atoms with van der Waals surface area (Å²) in [6.07, 6.45) is 2.71. The largest absolute Gasteiger partial charge is 0.492 e. The van der Waals surface area contributed by atoms with Gasteiger partial charge in [-0.2, -0.15) is 5.26 Å². The molecular weight excluding hydrogens is 238 g/mol. The minimum Gasteiger partial charge on any atom is -0.492 e. The zero-order valence-electron chi connectivity index (χ0n) is 9.69. The van der Waals surface area contributed by atoms with Gasteiger partial charge in [-0.05, 0) is 20.0 Å². The Bertz CT molecular complexity index is 444. The van der Waals surface area contributed by atoms with Gasteiger partial charge in [0.2, 0.25) is 0 Å². The number of nitriles is 1. The minimum absolute atomic E-state index is 0.223. The summed E-state index contributed by atoms with van der Waals surface area (Å²) in [4.78, 5) is 6.20. The van der Waals surface area contributed by atoms with E-state index in [9.17, 15) is 0 Å². The molecule has 0 aromatic carbocycles. The van der Waals surface area contributed by atoms with Crippen LogP contribution >= 0.6 is 11.6 Å². The predicted molar refractivity (Wildman–Crippen MR) is 65.1 cm³/mol. The average molecular weight is 252 g/mol. The molecule has 90 valence electrons. The topological polar surface area (TPSA) is 49.1 Å². The second-order valence-corrected chi connectivity index (χ2v) is 4.71. The predicted octanol–water partition coefficient (Wildman–Crippen LogP) is 1.94. The van der Waals surface area contributed by atoms with Crippen molar-refractivity contribution in [1.29, 1.82) is 5.26 Å². The molecule has 2 heterocycles. The maximum atomic E-state index is 8.82. The smallest absolute Gasteiger partial charge is 0.147 e. The Morgan fingerprint density at radius 1 is 1.71 bits per heavy atom. The molecule has 1 aromatic rings. The van der Waals surface area contributed by atoms with Crippen LogP contribution in [0.4, 0.5) is 0 Å². The number of hydrogen-bond acceptors (Lipinski definition) is 4. The Balaban J connectivity index is 1.93. The van der Waals surface area contributed by atoms with Crippen molar-refractivity contribution in [3.05, 3.63) is 23.0 Å². The number of nitrogens with zero attached hydrogens (tertiary/aromatic N) is 3. The highest BCUT2D eigenvalue weighted by Gasteiger charge is 2.20. The van der Waals surface area contributed by atoms with Crippen molar-refractivity contribution in [2.45, 2.75) is 6.42 Å². The van der Waals surface area contributed by atoms with Crippen LogP contribution in [-0.2, 0) is 0 Å². The van der Waals surface area contributed by atoms with Crippen LogP contribution in [0.25, 0.3) is 0 Å². The lowest BCUT2D eigenvalue weighted by Gasteiger charge is -2.12. The summed E-state index contributed by atoms with van der Waals surface area (Å²) in [5.41, 5.74) is 0.354. The first kappa shape index (κ1) is 12.2. The monoisotopic (exact) mass is 251 g/mol. The molecule has 5 heteroatoms. The molecule has 0 N–H and O–H groups in total. The minimum atomic E-state index is 0.223. The third kappa shape index (κ3) is 3.09. The van der Waals surface area contributed by atoms with Gasteiger partial charge in [-0.3, -0.25) is 0 Å². The maximum Gasteiger partial charge on any atom is 0.147 e. The number of rotatable bonds is 3. The van der Waals surface area contributed by atoms with Gasteiger partial charge in [-0.25, -0.2) is 4.98 Å². The summed E-state index contributed by atoms with van der Waals surface area (Å²) in [5, 5.41) is 9.04. The lowest BCUT2D eigenvalue weighted by molar-refractivity contribution is 0.248. The fraction of sp³-hybridized carbons (Fsp3) is 0.500. The van der Waals surface area contributed by atoms with Crippen LogP contribution in [0.1, 0.15) is 12.0 Å². The molecule has 0 spiro atoms. The maximum absolute atomic E-state index is 8.82. The normalized spacial score (nSPS) is 20.2. The second kappa shape index (κ2) is 5.35. The first-order valence-electron chi connectivity index (χ1n) is 5.56. The molecule has 17 heavy (non-hydrogen) atoms. The Hall–Kier alpha value is -1.31. The molecule has 0 unspecified atom stereocenters. The highest BCUT2D eigenvalue weighted by atomic mass is 35.5. The van der Waals surface area contributed by atoms with Gasteiger partial charge in [-0.15, -0.1) is 0 Å². The molecule has 1 aliphatic heterocycles. The fourth-order valence-electron chi connectivity index (χ4n) is 1.96. The van der Waals surface area contributed by atoms with Crippen molar-refractivity contribution in [3.63, 3.8) is 0 Å². The second-order valence-electron chi connectivity index (χ2n) is 4.35. The van der Waals surface area contributed by atoms with E-state index in [1.54, 1.807) is 12.3 Å². The molecular formula is C12H14ClN3O. The van der Waals surface area contributed by atoms with E-state index in [0.717, 1.165) is 19.5 Å². The van der Waals surface area contributed by atoms with Gasteiger partial charge in [0.25, 0.3) is 0 Å². The van der Waals surface area contributed by atoms with Gasteiger partial charge in [0, 0.05) is 18.5 Å². The van der Waals surface area contributed by atoms with E-state index in [2.05, 4.69) is 16.9 Å². The Morgan fingerprint density at radius 2 is 2.53 bits per heavy atom. The Labute approximate surface area is 106 Å². The van der Waals surface area contributed by atoms with Crippen molar-refractivity contribution in [2.24, 2.45) is 5.92 Å². The van der Waals surface area contributed by atoms with Crippen LogP contribution in [0.3, 0.4) is 0 Å². The molecule has 1 saturated heterocycles. The van der Waals surface area contributed by atoms with Crippen molar-refractivity contribution < 1.29 is 4.74 Å². The number of likely N-dealkylation sites (tertiary alicyclic amines) is 1. The van der Waals surface area contributed by atoms with Crippen LogP contribution in [0.15, 0.2) is 12.3 Å². The third-order valence-corrected chi connectivity index (χ3v) is 3.21. The molecule has 1 aromatic heterocycles. The summed E-state index contributed by atoms with van der Waals surface area (Å²) in [6, 6.07) is 3.62. The van der Waals surface area contributed by atoms with Crippen LogP contribution in [-0.4, -0.2) is 36.6 Å². The van der Waals surface area contributed by atoms with Gasteiger partial charge in [0.05, 0.1) is 18.4 Å². The van der Waals surface area contributed by atoms with Gasteiger partial charge in [-0.1, -0.05) is 11.6 Å². The Morgan fingerprint density at radius 3 is 3.18 bits per heavy atom. The summed E-state index contributed by atoms with van der Waals surface area (Å²) in [7, 11) is 2.11. The fourth-order valence-corrected chi connectivity index (χ4v) is 2.11. The van der Waals surface area contributed by atoms with E-state index in [1.807, 2.05) is 6.07 Å². The summed E-state index contributed by atoms with van der Waals surface area (Å²) in [6.45, 7) is 2.85. The molecule has 0 aliphatic carbocycles. The number of aromatic nitrogens is 1. The van der Waals surface area contributed by atoms with E-state index in [4.69, 9.17) is 21.6 Å². The van der Waals surface area contributed by atoms with E-state index in [1.165, 1.54) is 0 Å². The molecule has 0 bridgehead atoms. The molecule has 2 rings (SSSR count). The quantitative estimate of drug-likeness (QED) is 0.771. The summed E-state index contributed by atoms with van der Waals surface area (Å²) < 4.78 is 5.64. The van der Waals surface area contributed by atoms with Crippen molar-refractivity contribution in [1.82, 2.24) is 9.88 Å². The molecule has 1 aliphatic rings. The average Bonchev–Trinajstić information content (AvgIpc) is 2.74. The van der Waals surface area contributed by atoms with Crippen LogP contribution in [0, 0.1) is 17.2 Å². The van der Waals surface area contributed by atoms with Crippen molar-refractivity contribution >= 4 is 11.6 Å². The van der Waals surface area contributed by atoms with Crippen LogP contribution in [0.2, 0.25) is 5.15 Å². The van der Waals surface area contributed by atoms with Gasteiger partial charge < -0.3 is 9.64 Å². The van der Waals surface area contributed by atoms with Crippen LogP contribution < -0.4 is 4.74 Å².